The van der Waals surface area contributed by atoms with Gasteiger partial charge in [0, 0.05) is 48.4 Å². The molecule has 2 fully saturated rings. The number of hydrogen-bond donors (Lipinski definition) is 2. The largest absolute Gasteiger partial charge is 0.351 e. The minimum absolute atomic E-state index is 0.0277. The number of carbonyl (C=O) groups excluding carboxylic acids is 2. The highest BCUT2D eigenvalue weighted by molar-refractivity contribution is 7.87. The van der Waals surface area contributed by atoms with Crippen LogP contribution in [0.25, 0.3) is 0 Å². The number of anilines is 1. The zero-order chi connectivity index (χ0) is 25.7. The summed E-state index contributed by atoms with van der Waals surface area (Å²) in [6.07, 6.45) is 4.57. The van der Waals surface area contributed by atoms with Gasteiger partial charge in [0.25, 0.3) is 10.2 Å². The molecule has 0 spiro atoms. The van der Waals surface area contributed by atoms with Crippen molar-refractivity contribution in [2.45, 2.75) is 50.6 Å². The van der Waals surface area contributed by atoms with Crippen LogP contribution in [-0.4, -0.2) is 50.2 Å². The molecule has 1 aliphatic heterocycles. The smallest absolute Gasteiger partial charge is 0.279 e. The van der Waals surface area contributed by atoms with Crippen LogP contribution in [-0.2, 0) is 19.8 Å². The normalized spacial score (nSPS) is 17.4. The number of halogens is 2. The molecule has 1 saturated carbocycles. The van der Waals surface area contributed by atoms with Crippen LogP contribution in [0, 0.1) is 5.82 Å². The Kier molecular flexibility index (Phi) is 8.61. The summed E-state index contributed by atoms with van der Waals surface area (Å²) in [7, 11) is -3.64. The number of nitrogens with one attached hydrogen (secondary N) is 2. The maximum absolute atomic E-state index is 14.3. The molecule has 1 atom stereocenters. The lowest BCUT2D eigenvalue weighted by molar-refractivity contribution is -0.127. The first-order valence-corrected chi connectivity index (χ1v) is 14.0. The van der Waals surface area contributed by atoms with E-state index in [1.54, 1.807) is 30.3 Å². The van der Waals surface area contributed by atoms with Crippen molar-refractivity contribution in [3.63, 3.8) is 0 Å². The molecule has 1 aliphatic carbocycles. The van der Waals surface area contributed by atoms with E-state index in [1.807, 2.05) is 0 Å². The third-order valence-corrected chi connectivity index (χ3v) is 8.34. The van der Waals surface area contributed by atoms with Crippen LogP contribution in [0.1, 0.15) is 50.1 Å². The fourth-order valence-corrected chi connectivity index (χ4v) is 5.81. The Labute approximate surface area is 216 Å². The number of carbonyl (C=O) groups is 2. The maximum Gasteiger partial charge on any atom is 0.279 e. The Morgan fingerprint density at radius 2 is 1.81 bits per heavy atom. The molecular weight excluding hydrogens is 507 g/mol. The molecule has 36 heavy (non-hydrogen) atoms. The van der Waals surface area contributed by atoms with E-state index in [9.17, 15) is 22.4 Å². The van der Waals surface area contributed by atoms with Gasteiger partial charge in [-0.1, -0.05) is 55.1 Å². The van der Waals surface area contributed by atoms with Crippen LogP contribution in [0.2, 0.25) is 5.02 Å². The van der Waals surface area contributed by atoms with E-state index >= 15 is 0 Å². The monoisotopic (exact) mass is 536 g/mol. The van der Waals surface area contributed by atoms with Crippen molar-refractivity contribution in [1.82, 2.24) is 14.3 Å². The van der Waals surface area contributed by atoms with Gasteiger partial charge in [-0.2, -0.15) is 12.7 Å². The summed E-state index contributed by atoms with van der Waals surface area (Å²) in [5.41, 5.74) is 0.576. The average molecular weight is 537 g/mol. The number of rotatable bonds is 10. The zero-order valence-electron chi connectivity index (χ0n) is 19.8. The summed E-state index contributed by atoms with van der Waals surface area (Å²) in [6, 6.07) is 11.0. The van der Waals surface area contributed by atoms with Crippen LogP contribution in [0.3, 0.4) is 0 Å². The standard InChI is InChI=1S/C25H30ClFN4O4S/c26-22-12-5-4-11-21(22)24(25(33)29-19-8-2-1-3-9-19)31(20-10-6-7-18(27)17-20)23(32)13-14-28-36(34,35)30-15-16-30/h4-7,10-12,17,19,24,28H,1-3,8-9,13-16H2,(H,29,33)/t24-/m0/s1. The van der Waals surface area contributed by atoms with Gasteiger partial charge in [0.1, 0.15) is 11.9 Å². The second-order valence-electron chi connectivity index (χ2n) is 9.06. The van der Waals surface area contributed by atoms with E-state index < -0.39 is 33.9 Å². The highest BCUT2D eigenvalue weighted by atomic mass is 35.5. The minimum atomic E-state index is -3.64. The minimum Gasteiger partial charge on any atom is -0.351 e. The molecule has 2 aromatic carbocycles. The summed E-state index contributed by atoms with van der Waals surface area (Å²) in [5.74, 6) is -1.53. The SMILES string of the molecule is O=C(NC1CCCCC1)[C@H](c1ccccc1Cl)N(C(=O)CCNS(=O)(=O)N1CC1)c1cccc(F)c1. The van der Waals surface area contributed by atoms with Crippen LogP contribution in [0.4, 0.5) is 10.1 Å². The van der Waals surface area contributed by atoms with E-state index in [0.717, 1.165) is 32.1 Å². The second kappa shape index (κ2) is 11.7. The van der Waals surface area contributed by atoms with Gasteiger partial charge in [0.2, 0.25) is 11.8 Å². The molecule has 2 aliphatic rings. The Morgan fingerprint density at radius 3 is 2.47 bits per heavy atom. The predicted molar refractivity (Wildman–Crippen MR) is 136 cm³/mol. The molecule has 0 unspecified atom stereocenters. The lowest BCUT2D eigenvalue weighted by atomic mass is 9.94. The lowest BCUT2D eigenvalue weighted by Crippen LogP contribution is -2.48. The van der Waals surface area contributed by atoms with Crippen molar-refractivity contribution in [2.75, 3.05) is 24.5 Å². The molecular formula is C25H30ClFN4O4S. The van der Waals surface area contributed by atoms with Crippen molar-refractivity contribution in [1.29, 1.82) is 0 Å². The third kappa shape index (κ3) is 6.61. The fourth-order valence-electron chi connectivity index (χ4n) is 4.46. The quantitative estimate of drug-likeness (QED) is 0.454. The van der Waals surface area contributed by atoms with Crippen molar-refractivity contribution in [2.24, 2.45) is 0 Å². The first kappa shape index (κ1) is 26.5. The summed E-state index contributed by atoms with van der Waals surface area (Å²) in [4.78, 5) is 28.5. The highest BCUT2D eigenvalue weighted by Crippen LogP contribution is 2.33. The Hall–Kier alpha value is -2.53. The summed E-state index contributed by atoms with van der Waals surface area (Å²) < 4.78 is 42.2. The van der Waals surface area contributed by atoms with E-state index in [-0.39, 0.29) is 29.7 Å². The molecule has 2 amide bonds. The molecule has 1 saturated heterocycles. The molecule has 2 N–H and O–H groups in total. The molecule has 2 aromatic rings. The van der Waals surface area contributed by atoms with Gasteiger partial charge < -0.3 is 5.32 Å². The first-order chi connectivity index (χ1) is 17.3. The summed E-state index contributed by atoms with van der Waals surface area (Å²) >= 11 is 6.49. The van der Waals surface area contributed by atoms with Crippen molar-refractivity contribution < 1.29 is 22.4 Å². The van der Waals surface area contributed by atoms with E-state index in [2.05, 4.69) is 10.0 Å². The highest BCUT2D eigenvalue weighted by Gasteiger charge is 2.36. The molecule has 194 valence electrons. The Morgan fingerprint density at radius 1 is 1.08 bits per heavy atom. The van der Waals surface area contributed by atoms with Gasteiger partial charge in [0.15, 0.2) is 0 Å². The fraction of sp³-hybridized carbons (Fsp3) is 0.440. The molecule has 11 heteroatoms. The Bertz CT molecular complexity index is 1200. The van der Waals surface area contributed by atoms with Crippen LogP contribution in [0.15, 0.2) is 48.5 Å². The van der Waals surface area contributed by atoms with Crippen molar-refractivity contribution in [3.8, 4) is 0 Å². The molecule has 4 rings (SSSR count). The van der Waals surface area contributed by atoms with Crippen molar-refractivity contribution >= 4 is 39.3 Å². The number of benzene rings is 2. The van der Waals surface area contributed by atoms with E-state index in [4.69, 9.17) is 11.6 Å². The van der Waals surface area contributed by atoms with Gasteiger partial charge in [-0.05, 0) is 37.1 Å². The van der Waals surface area contributed by atoms with Crippen LogP contribution < -0.4 is 14.9 Å². The molecule has 0 radical (unpaired) electrons. The molecule has 1 heterocycles. The third-order valence-electron chi connectivity index (χ3n) is 6.38. The molecule has 0 bridgehead atoms. The van der Waals surface area contributed by atoms with Crippen LogP contribution >= 0.6 is 11.6 Å². The molecule has 0 aromatic heterocycles. The number of amides is 2. The Balaban J connectivity index is 1.66. The first-order valence-electron chi connectivity index (χ1n) is 12.1. The summed E-state index contributed by atoms with van der Waals surface area (Å²) in [6.45, 7) is 0.714. The van der Waals surface area contributed by atoms with Gasteiger partial charge in [-0.3, -0.25) is 14.5 Å². The average Bonchev–Trinajstić information content (AvgIpc) is 3.70. The van der Waals surface area contributed by atoms with E-state index in [1.165, 1.54) is 27.4 Å². The summed E-state index contributed by atoms with van der Waals surface area (Å²) in [5, 5.41) is 3.35. The topological polar surface area (TPSA) is 98.6 Å². The van der Waals surface area contributed by atoms with Crippen molar-refractivity contribution in [3.05, 3.63) is 64.9 Å². The zero-order valence-corrected chi connectivity index (χ0v) is 21.4. The van der Waals surface area contributed by atoms with E-state index in [0.29, 0.717) is 18.7 Å². The number of nitrogens with zero attached hydrogens (tertiary/aromatic N) is 2. The lowest BCUT2D eigenvalue weighted by Gasteiger charge is -2.34. The predicted octanol–water partition coefficient (Wildman–Crippen LogP) is 3.54. The second-order valence-corrected chi connectivity index (χ2v) is 11.2. The molecule has 8 nitrogen and oxygen atoms in total. The van der Waals surface area contributed by atoms with Gasteiger partial charge in [0.05, 0.1) is 0 Å². The van der Waals surface area contributed by atoms with Gasteiger partial charge >= 0.3 is 0 Å². The maximum atomic E-state index is 14.3. The van der Waals surface area contributed by atoms with Crippen LogP contribution in [0.5, 0.6) is 0 Å². The van der Waals surface area contributed by atoms with Gasteiger partial charge in [-0.15, -0.1) is 0 Å². The number of hydrogen-bond acceptors (Lipinski definition) is 4. The van der Waals surface area contributed by atoms with Gasteiger partial charge in [-0.25, -0.2) is 9.11 Å².